The SMILES string of the molecule is CCCCCCCCCCCCCCCCCCCCCCCC(=O)NCO. The van der Waals surface area contributed by atoms with Gasteiger partial charge in [-0.15, -0.1) is 0 Å². The quantitative estimate of drug-likeness (QED) is 0.137. The lowest BCUT2D eigenvalue weighted by molar-refractivity contribution is -0.122. The Kier molecular flexibility index (Phi) is 24.0. The van der Waals surface area contributed by atoms with Crippen molar-refractivity contribution in [2.24, 2.45) is 0 Å². The highest BCUT2D eigenvalue weighted by Crippen LogP contribution is 2.15. The summed E-state index contributed by atoms with van der Waals surface area (Å²) in [6.45, 7) is 2.05. The summed E-state index contributed by atoms with van der Waals surface area (Å²) in [7, 11) is 0. The lowest BCUT2D eigenvalue weighted by atomic mass is 10.0. The number of carbonyl (C=O) groups is 1. The first-order valence-corrected chi connectivity index (χ1v) is 12.7. The fraction of sp³-hybridized carbons (Fsp3) is 0.960. The number of hydrogen-bond donors (Lipinski definition) is 2. The van der Waals surface area contributed by atoms with E-state index in [1.54, 1.807) is 0 Å². The third-order valence-corrected chi connectivity index (χ3v) is 5.78. The van der Waals surface area contributed by atoms with Crippen molar-refractivity contribution in [1.82, 2.24) is 5.32 Å². The van der Waals surface area contributed by atoms with Gasteiger partial charge in [-0.1, -0.05) is 135 Å². The molecule has 0 aliphatic rings. The monoisotopic (exact) mass is 397 g/mol. The van der Waals surface area contributed by atoms with E-state index in [0.717, 1.165) is 12.8 Å². The molecule has 2 N–H and O–H groups in total. The zero-order chi connectivity index (χ0) is 20.5. The van der Waals surface area contributed by atoms with Crippen molar-refractivity contribution in [1.29, 1.82) is 0 Å². The molecule has 0 aromatic heterocycles. The normalized spacial score (nSPS) is 11.1. The molecule has 1 amide bonds. The second-order valence-electron chi connectivity index (χ2n) is 8.58. The summed E-state index contributed by atoms with van der Waals surface area (Å²) in [6.07, 6.45) is 29.5. The van der Waals surface area contributed by atoms with Gasteiger partial charge < -0.3 is 10.4 Å². The number of aliphatic hydroxyl groups is 1. The number of amides is 1. The Bertz CT molecular complexity index is 307. The molecule has 0 unspecified atom stereocenters. The highest BCUT2D eigenvalue weighted by atomic mass is 16.3. The summed E-state index contributed by atoms with van der Waals surface area (Å²) < 4.78 is 0. The standard InChI is InChI=1S/C25H51NO2/c1-2-3-4-5-6-7-8-9-10-11-12-13-14-15-16-17-18-19-20-21-22-23-25(28)26-24-27/h27H,2-24H2,1H3,(H,26,28). The molecular weight excluding hydrogens is 346 g/mol. The lowest BCUT2D eigenvalue weighted by Gasteiger charge is -2.04. The molecule has 0 bridgehead atoms. The second-order valence-corrected chi connectivity index (χ2v) is 8.58. The molecule has 3 nitrogen and oxygen atoms in total. The van der Waals surface area contributed by atoms with Gasteiger partial charge in [0.05, 0.1) is 0 Å². The Hall–Kier alpha value is -0.570. The number of aliphatic hydroxyl groups excluding tert-OH is 1. The predicted octanol–water partition coefficient (Wildman–Crippen LogP) is 7.65. The second kappa shape index (κ2) is 24.5. The largest absolute Gasteiger partial charge is 0.377 e. The van der Waals surface area contributed by atoms with Crippen LogP contribution in [0.3, 0.4) is 0 Å². The van der Waals surface area contributed by atoms with E-state index < -0.39 is 0 Å². The van der Waals surface area contributed by atoms with Crippen molar-refractivity contribution in [2.75, 3.05) is 6.73 Å². The van der Waals surface area contributed by atoms with E-state index in [1.165, 1.54) is 122 Å². The Balaban J connectivity index is 3.02. The van der Waals surface area contributed by atoms with Crippen LogP contribution in [-0.4, -0.2) is 17.7 Å². The minimum absolute atomic E-state index is 0.0275. The van der Waals surface area contributed by atoms with Crippen LogP contribution in [0, 0.1) is 0 Å². The van der Waals surface area contributed by atoms with Gasteiger partial charge in [0, 0.05) is 6.42 Å². The molecule has 0 spiro atoms. The molecule has 0 aromatic rings. The molecule has 0 aliphatic heterocycles. The van der Waals surface area contributed by atoms with Crippen LogP contribution in [0.25, 0.3) is 0 Å². The Labute approximate surface area is 176 Å². The van der Waals surface area contributed by atoms with Crippen molar-refractivity contribution < 1.29 is 9.90 Å². The third-order valence-electron chi connectivity index (χ3n) is 5.78. The molecular formula is C25H51NO2. The summed E-state index contributed by atoms with van der Waals surface area (Å²) in [4.78, 5) is 11.2. The van der Waals surface area contributed by atoms with Crippen LogP contribution in [0.1, 0.15) is 148 Å². The van der Waals surface area contributed by atoms with E-state index in [1.807, 2.05) is 0 Å². The van der Waals surface area contributed by atoms with Crippen LogP contribution >= 0.6 is 0 Å². The average Bonchev–Trinajstić information content (AvgIpc) is 2.69. The summed E-state index contributed by atoms with van der Waals surface area (Å²) in [5, 5.41) is 11.0. The van der Waals surface area contributed by atoms with E-state index in [4.69, 9.17) is 5.11 Å². The molecule has 0 heterocycles. The molecule has 0 radical (unpaired) electrons. The molecule has 168 valence electrons. The van der Waals surface area contributed by atoms with Crippen LogP contribution in [0.4, 0.5) is 0 Å². The Morgan fingerprint density at radius 1 is 0.536 bits per heavy atom. The van der Waals surface area contributed by atoms with Crippen LogP contribution in [0.15, 0.2) is 0 Å². The topological polar surface area (TPSA) is 49.3 Å². The van der Waals surface area contributed by atoms with E-state index in [0.29, 0.717) is 6.42 Å². The summed E-state index contributed by atoms with van der Waals surface area (Å²) in [6, 6.07) is 0. The van der Waals surface area contributed by atoms with Gasteiger partial charge in [-0.05, 0) is 6.42 Å². The molecule has 0 aliphatic carbocycles. The number of nitrogens with one attached hydrogen (secondary N) is 1. The minimum Gasteiger partial charge on any atom is -0.377 e. The van der Waals surface area contributed by atoms with Crippen LogP contribution < -0.4 is 5.32 Å². The zero-order valence-corrected chi connectivity index (χ0v) is 19.1. The van der Waals surface area contributed by atoms with Gasteiger partial charge in [0.15, 0.2) is 0 Å². The van der Waals surface area contributed by atoms with Gasteiger partial charge in [0.1, 0.15) is 6.73 Å². The first-order valence-electron chi connectivity index (χ1n) is 12.7. The fourth-order valence-corrected chi connectivity index (χ4v) is 3.89. The van der Waals surface area contributed by atoms with Crippen molar-refractivity contribution >= 4 is 5.91 Å². The molecule has 0 saturated heterocycles. The average molecular weight is 398 g/mol. The Morgan fingerprint density at radius 2 is 0.821 bits per heavy atom. The fourth-order valence-electron chi connectivity index (χ4n) is 3.89. The molecule has 0 aromatic carbocycles. The predicted molar refractivity (Wildman–Crippen MR) is 122 cm³/mol. The zero-order valence-electron chi connectivity index (χ0n) is 19.1. The van der Waals surface area contributed by atoms with E-state index in [2.05, 4.69) is 12.2 Å². The van der Waals surface area contributed by atoms with E-state index in [-0.39, 0.29) is 12.6 Å². The molecule has 0 atom stereocenters. The summed E-state index contributed by atoms with van der Waals surface area (Å²) in [5.74, 6) is -0.0275. The van der Waals surface area contributed by atoms with Gasteiger partial charge in [-0.2, -0.15) is 0 Å². The lowest BCUT2D eigenvalue weighted by Crippen LogP contribution is -2.23. The van der Waals surface area contributed by atoms with Gasteiger partial charge in [0.2, 0.25) is 5.91 Å². The minimum atomic E-state index is -0.238. The molecule has 0 saturated carbocycles. The molecule has 0 rings (SSSR count). The van der Waals surface area contributed by atoms with Gasteiger partial charge in [-0.3, -0.25) is 4.79 Å². The number of rotatable bonds is 23. The smallest absolute Gasteiger partial charge is 0.221 e. The Morgan fingerprint density at radius 3 is 1.11 bits per heavy atom. The van der Waals surface area contributed by atoms with Crippen LogP contribution in [0.2, 0.25) is 0 Å². The van der Waals surface area contributed by atoms with Crippen molar-refractivity contribution in [3.05, 3.63) is 0 Å². The van der Waals surface area contributed by atoms with Crippen molar-refractivity contribution in [3.8, 4) is 0 Å². The first-order chi connectivity index (χ1) is 13.8. The van der Waals surface area contributed by atoms with Gasteiger partial charge in [0.25, 0.3) is 0 Å². The van der Waals surface area contributed by atoms with Gasteiger partial charge in [-0.25, -0.2) is 0 Å². The molecule has 0 fully saturated rings. The number of carbonyl (C=O) groups excluding carboxylic acids is 1. The van der Waals surface area contributed by atoms with E-state index in [9.17, 15) is 4.79 Å². The highest BCUT2D eigenvalue weighted by Gasteiger charge is 1.99. The molecule has 3 heteroatoms. The summed E-state index contributed by atoms with van der Waals surface area (Å²) >= 11 is 0. The van der Waals surface area contributed by atoms with Crippen LogP contribution in [-0.2, 0) is 4.79 Å². The maximum absolute atomic E-state index is 11.2. The molecule has 28 heavy (non-hydrogen) atoms. The van der Waals surface area contributed by atoms with Gasteiger partial charge >= 0.3 is 0 Å². The first kappa shape index (κ1) is 27.4. The maximum atomic E-state index is 11.2. The number of unbranched alkanes of at least 4 members (excludes halogenated alkanes) is 20. The van der Waals surface area contributed by atoms with Crippen molar-refractivity contribution in [3.63, 3.8) is 0 Å². The highest BCUT2D eigenvalue weighted by molar-refractivity contribution is 5.75. The third kappa shape index (κ3) is 23.5. The van der Waals surface area contributed by atoms with Crippen molar-refractivity contribution in [2.45, 2.75) is 148 Å². The maximum Gasteiger partial charge on any atom is 0.221 e. The van der Waals surface area contributed by atoms with E-state index >= 15 is 0 Å². The number of hydrogen-bond acceptors (Lipinski definition) is 2. The van der Waals surface area contributed by atoms with Crippen LogP contribution in [0.5, 0.6) is 0 Å². The summed E-state index contributed by atoms with van der Waals surface area (Å²) in [5.41, 5.74) is 0.